The Morgan fingerprint density at radius 1 is 1.11 bits per heavy atom. The number of nitrogens with one attached hydrogen (secondary N) is 2. The maximum absolute atomic E-state index is 12.5. The summed E-state index contributed by atoms with van der Waals surface area (Å²) in [4.78, 5) is 12.4. The van der Waals surface area contributed by atoms with E-state index in [2.05, 4.69) is 10.0 Å². The van der Waals surface area contributed by atoms with Gasteiger partial charge in [0.1, 0.15) is 19.0 Å². The van der Waals surface area contributed by atoms with Crippen LogP contribution in [0.1, 0.15) is 13.8 Å². The Morgan fingerprint density at radius 3 is 2.46 bits per heavy atom. The van der Waals surface area contributed by atoms with Crippen molar-refractivity contribution in [3.63, 3.8) is 0 Å². The van der Waals surface area contributed by atoms with Gasteiger partial charge in [-0.1, -0.05) is 0 Å². The Morgan fingerprint density at radius 2 is 1.79 bits per heavy atom. The number of benzene rings is 2. The molecule has 1 amide bonds. The Kier molecular flexibility index (Phi) is 6.05. The van der Waals surface area contributed by atoms with Crippen molar-refractivity contribution in [1.29, 1.82) is 0 Å². The van der Waals surface area contributed by atoms with Crippen LogP contribution in [0.2, 0.25) is 0 Å². The lowest BCUT2D eigenvalue weighted by Gasteiger charge is -2.19. The third-order valence-electron chi connectivity index (χ3n) is 3.98. The highest BCUT2D eigenvalue weighted by molar-refractivity contribution is 7.89. The zero-order valence-electron chi connectivity index (χ0n) is 15.6. The number of carbonyl (C=O) groups is 1. The normalized spacial score (nSPS) is 14.2. The van der Waals surface area contributed by atoms with E-state index in [-0.39, 0.29) is 4.90 Å². The van der Waals surface area contributed by atoms with Crippen LogP contribution in [0.4, 0.5) is 5.69 Å². The first-order valence-corrected chi connectivity index (χ1v) is 10.3. The summed E-state index contributed by atoms with van der Waals surface area (Å²) in [5.41, 5.74) is 0.487. The molecule has 0 unspecified atom stereocenters. The molecule has 0 spiro atoms. The Balaban J connectivity index is 1.64. The summed E-state index contributed by atoms with van der Waals surface area (Å²) >= 11 is 0. The van der Waals surface area contributed by atoms with Crippen LogP contribution >= 0.6 is 0 Å². The first kappa shape index (κ1) is 20.0. The monoisotopic (exact) mass is 406 g/mol. The predicted molar refractivity (Wildman–Crippen MR) is 103 cm³/mol. The Bertz CT molecular complexity index is 943. The minimum atomic E-state index is -3.85. The molecule has 0 fully saturated rings. The molecule has 3 rings (SSSR count). The molecule has 1 aliphatic heterocycles. The van der Waals surface area contributed by atoms with E-state index >= 15 is 0 Å². The van der Waals surface area contributed by atoms with Crippen LogP contribution in [0.25, 0.3) is 0 Å². The van der Waals surface area contributed by atoms with Gasteiger partial charge in [-0.2, -0.15) is 4.72 Å². The number of hydrogen-bond acceptors (Lipinski definition) is 6. The van der Waals surface area contributed by atoms with E-state index in [0.717, 1.165) is 0 Å². The van der Waals surface area contributed by atoms with Gasteiger partial charge in [0.25, 0.3) is 0 Å². The van der Waals surface area contributed by atoms with Gasteiger partial charge < -0.3 is 19.5 Å². The van der Waals surface area contributed by atoms with Gasteiger partial charge in [-0.25, -0.2) is 8.42 Å². The first-order valence-electron chi connectivity index (χ1n) is 8.85. The zero-order valence-corrected chi connectivity index (χ0v) is 16.4. The summed E-state index contributed by atoms with van der Waals surface area (Å²) in [5, 5.41) is 2.67. The standard InChI is InChI=1S/C19H22N2O6S/c1-3-25-15-5-7-16(8-6-15)28(23,24)21-13(2)19(22)20-14-4-9-17-18(12-14)27-11-10-26-17/h4-9,12-13,21H,3,10-11H2,1-2H3,(H,20,22)/t13-/m0/s1. The molecule has 1 heterocycles. The lowest BCUT2D eigenvalue weighted by molar-refractivity contribution is -0.117. The number of fused-ring (bicyclic) bond motifs is 1. The van der Waals surface area contributed by atoms with E-state index < -0.39 is 22.0 Å². The van der Waals surface area contributed by atoms with Crippen molar-refractivity contribution in [3.8, 4) is 17.2 Å². The van der Waals surface area contributed by atoms with Crippen LogP contribution in [-0.2, 0) is 14.8 Å². The van der Waals surface area contributed by atoms with E-state index in [1.54, 1.807) is 30.3 Å². The molecule has 0 bridgehead atoms. The molecule has 2 aromatic rings. The van der Waals surface area contributed by atoms with E-state index in [0.29, 0.717) is 42.8 Å². The van der Waals surface area contributed by atoms with E-state index in [4.69, 9.17) is 14.2 Å². The molecule has 1 aliphatic rings. The SMILES string of the molecule is CCOc1ccc(S(=O)(=O)N[C@@H](C)C(=O)Nc2ccc3c(c2)OCCO3)cc1. The van der Waals surface area contributed by atoms with E-state index in [9.17, 15) is 13.2 Å². The third kappa shape index (κ3) is 4.73. The van der Waals surface area contributed by atoms with Crippen molar-refractivity contribution >= 4 is 21.6 Å². The molecule has 1 atom stereocenters. The van der Waals surface area contributed by atoms with Gasteiger partial charge in [0.05, 0.1) is 17.5 Å². The first-order chi connectivity index (χ1) is 13.4. The van der Waals surface area contributed by atoms with Gasteiger partial charge in [-0.05, 0) is 50.2 Å². The van der Waals surface area contributed by atoms with E-state index in [1.165, 1.54) is 19.1 Å². The molecular formula is C19H22N2O6S. The average molecular weight is 406 g/mol. The molecule has 150 valence electrons. The highest BCUT2D eigenvalue weighted by atomic mass is 32.2. The number of sulfonamides is 1. The summed E-state index contributed by atoms with van der Waals surface area (Å²) in [6.07, 6.45) is 0. The van der Waals surface area contributed by atoms with Crippen LogP contribution in [0.3, 0.4) is 0 Å². The maximum atomic E-state index is 12.5. The zero-order chi connectivity index (χ0) is 20.1. The van der Waals surface area contributed by atoms with Crippen molar-refractivity contribution in [1.82, 2.24) is 4.72 Å². The molecule has 28 heavy (non-hydrogen) atoms. The van der Waals surface area contributed by atoms with Gasteiger partial charge in [-0.3, -0.25) is 4.79 Å². The highest BCUT2D eigenvalue weighted by Gasteiger charge is 2.23. The van der Waals surface area contributed by atoms with Gasteiger partial charge in [0.15, 0.2) is 11.5 Å². The van der Waals surface area contributed by atoms with Crippen molar-refractivity contribution in [2.24, 2.45) is 0 Å². The van der Waals surface area contributed by atoms with Gasteiger partial charge >= 0.3 is 0 Å². The van der Waals surface area contributed by atoms with Crippen molar-refractivity contribution in [3.05, 3.63) is 42.5 Å². The highest BCUT2D eigenvalue weighted by Crippen LogP contribution is 2.32. The summed E-state index contributed by atoms with van der Waals surface area (Å²) in [7, 11) is -3.85. The smallest absolute Gasteiger partial charge is 0.242 e. The molecule has 0 saturated carbocycles. The topological polar surface area (TPSA) is 103 Å². The van der Waals surface area contributed by atoms with Gasteiger partial charge in [0.2, 0.25) is 15.9 Å². The molecule has 0 radical (unpaired) electrons. The number of ether oxygens (including phenoxy) is 3. The van der Waals surface area contributed by atoms with Crippen molar-refractivity contribution in [2.45, 2.75) is 24.8 Å². The molecule has 8 nitrogen and oxygen atoms in total. The minimum Gasteiger partial charge on any atom is -0.494 e. The summed E-state index contributed by atoms with van der Waals surface area (Å²) < 4.78 is 43.6. The second-order valence-electron chi connectivity index (χ2n) is 6.10. The largest absolute Gasteiger partial charge is 0.494 e. The lowest BCUT2D eigenvalue weighted by atomic mass is 10.2. The fourth-order valence-corrected chi connectivity index (χ4v) is 3.81. The molecule has 0 aromatic heterocycles. The number of amides is 1. The van der Waals surface area contributed by atoms with Gasteiger partial charge in [0, 0.05) is 11.8 Å². The number of anilines is 1. The molecule has 2 aromatic carbocycles. The average Bonchev–Trinajstić information content (AvgIpc) is 2.68. The summed E-state index contributed by atoms with van der Waals surface area (Å²) in [6.45, 7) is 4.71. The lowest BCUT2D eigenvalue weighted by Crippen LogP contribution is -2.41. The molecule has 0 saturated heterocycles. The summed E-state index contributed by atoms with van der Waals surface area (Å²) in [6, 6.07) is 10.0. The fourth-order valence-electron chi connectivity index (χ4n) is 2.61. The fraction of sp³-hybridized carbons (Fsp3) is 0.316. The predicted octanol–water partition coefficient (Wildman–Crippen LogP) is 2.16. The number of carbonyl (C=O) groups excluding carboxylic acids is 1. The second kappa shape index (κ2) is 8.49. The van der Waals surface area contributed by atoms with Crippen LogP contribution in [0, 0.1) is 0 Å². The second-order valence-corrected chi connectivity index (χ2v) is 7.81. The van der Waals surface area contributed by atoms with Crippen LogP contribution in [-0.4, -0.2) is 40.2 Å². The minimum absolute atomic E-state index is 0.0509. The number of hydrogen-bond donors (Lipinski definition) is 2. The van der Waals surface area contributed by atoms with Gasteiger partial charge in [-0.15, -0.1) is 0 Å². The molecule has 0 aliphatic carbocycles. The quantitative estimate of drug-likeness (QED) is 0.730. The maximum Gasteiger partial charge on any atom is 0.242 e. The Labute approximate surface area is 163 Å². The van der Waals surface area contributed by atoms with Crippen LogP contribution < -0.4 is 24.2 Å². The summed E-state index contributed by atoms with van der Waals surface area (Å²) in [5.74, 6) is 1.22. The molecule has 9 heteroatoms. The molecule has 2 N–H and O–H groups in total. The van der Waals surface area contributed by atoms with E-state index in [1.807, 2.05) is 6.92 Å². The van der Waals surface area contributed by atoms with Crippen LogP contribution in [0.15, 0.2) is 47.4 Å². The number of rotatable bonds is 7. The molecular weight excluding hydrogens is 384 g/mol. The van der Waals surface area contributed by atoms with Crippen LogP contribution in [0.5, 0.6) is 17.2 Å². The van der Waals surface area contributed by atoms with Crippen molar-refractivity contribution in [2.75, 3.05) is 25.1 Å². The third-order valence-corrected chi connectivity index (χ3v) is 5.54. The Hall–Kier alpha value is -2.78. The van der Waals surface area contributed by atoms with Crippen molar-refractivity contribution < 1.29 is 27.4 Å².